The zero-order chi connectivity index (χ0) is 11.0. The van der Waals surface area contributed by atoms with Gasteiger partial charge in [0.1, 0.15) is 10.9 Å². The third kappa shape index (κ3) is 1.67. The Hall–Kier alpha value is -1.22. The Morgan fingerprint density at radius 2 is 2.13 bits per heavy atom. The third-order valence-electron chi connectivity index (χ3n) is 2.33. The summed E-state index contributed by atoms with van der Waals surface area (Å²) in [4.78, 5) is 0. The highest BCUT2D eigenvalue weighted by atomic mass is 35.5. The van der Waals surface area contributed by atoms with Crippen molar-refractivity contribution in [3.8, 4) is 5.75 Å². The molecule has 0 atom stereocenters. The van der Waals surface area contributed by atoms with E-state index in [0.29, 0.717) is 5.15 Å². The summed E-state index contributed by atoms with van der Waals surface area (Å²) in [5.74, 6) is 0.799. The fourth-order valence-corrected chi connectivity index (χ4v) is 1.91. The standard InChI is InChI=1S/C11H13ClN2O/c1-7(2)14-11(12)9-5-4-8(15-3)6-10(9)13-14/h4-7H,1-3H3. The number of benzene rings is 1. The van der Waals surface area contributed by atoms with Gasteiger partial charge in [-0.15, -0.1) is 0 Å². The molecule has 0 aliphatic rings. The Labute approximate surface area is 93.6 Å². The smallest absolute Gasteiger partial charge is 0.135 e. The van der Waals surface area contributed by atoms with Crippen molar-refractivity contribution in [2.75, 3.05) is 7.11 Å². The minimum Gasteiger partial charge on any atom is -0.497 e. The largest absolute Gasteiger partial charge is 0.497 e. The van der Waals surface area contributed by atoms with E-state index < -0.39 is 0 Å². The van der Waals surface area contributed by atoms with Crippen molar-refractivity contribution in [3.63, 3.8) is 0 Å². The van der Waals surface area contributed by atoms with Crippen LogP contribution in [0.1, 0.15) is 19.9 Å². The van der Waals surface area contributed by atoms with Crippen molar-refractivity contribution in [1.29, 1.82) is 0 Å². The molecule has 1 aromatic carbocycles. The van der Waals surface area contributed by atoms with Crippen LogP contribution in [0.25, 0.3) is 10.9 Å². The van der Waals surface area contributed by atoms with Gasteiger partial charge < -0.3 is 4.74 Å². The molecule has 0 aliphatic carbocycles. The molecule has 0 N–H and O–H groups in total. The van der Waals surface area contributed by atoms with Crippen LogP contribution in [-0.2, 0) is 0 Å². The normalized spacial score (nSPS) is 11.3. The van der Waals surface area contributed by atoms with Gasteiger partial charge in [-0.2, -0.15) is 5.10 Å². The van der Waals surface area contributed by atoms with E-state index in [4.69, 9.17) is 16.3 Å². The van der Waals surface area contributed by atoms with E-state index in [2.05, 4.69) is 18.9 Å². The lowest BCUT2D eigenvalue weighted by Gasteiger charge is -2.05. The molecule has 2 rings (SSSR count). The van der Waals surface area contributed by atoms with Crippen molar-refractivity contribution in [1.82, 2.24) is 9.78 Å². The van der Waals surface area contributed by atoms with Gasteiger partial charge in [0, 0.05) is 17.5 Å². The van der Waals surface area contributed by atoms with Gasteiger partial charge in [0.2, 0.25) is 0 Å². The first-order valence-electron chi connectivity index (χ1n) is 4.85. The van der Waals surface area contributed by atoms with Gasteiger partial charge >= 0.3 is 0 Å². The van der Waals surface area contributed by atoms with Gasteiger partial charge in [-0.1, -0.05) is 11.6 Å². The number of halogens is 1. The summed E-state index contributed by atoms with van der Waals surface area (Å²) in [5, 5.41) is 6.07. The average molecular weight is 225 g/mol. The second-order valence-corrected chi connectivity index (χ2v) is 4.07. The number of nitrogens with zero attached hydrogens (tertiary/aromatic N) is 2. The van der Waals surface area contributed by atoms with Crippen LogP contribution in [0.4, 0.5) is 0 Å². The SMILES string of the molecule is COc1ccc2c(Cl)n(C(C)C)nc2c1. The van der Waals surface area contributed by atoms with Crippen LogP contribution in [0.5, 0.6) is 5.75 Å². The molecule has 0 saturated heterocycles. The van der Waals surface area contributed by atoms with Crippen LogP contribution in [0, 0.1) is 0 Å². The molecular formula is C11H13ClN2O. The van der Waals surface area contributed by atoms with E-state index in [0.717, 1.165) is 16.7 Å². The quantitative estimate of drug-likeness (QED) is 0.783. The summed E-state index contributed by atoms with van der Waals surface area (Å²) in [7, 11) is 1.64. The first kappa shape index (κ1) is 10.3. The first-order chi connectivity index (χ1) is 7.13. The molecule has 0 aliphatic heterocycles. The fraction of sp³-hybridized carbons (Fsp3) is 0.364. The molecule has 0 saturated carbocycles. The van der Waals surface area contributed by atoms with Crippen LogP contribution in [0.3, 0.4) is 0 Å². The molecule has 15 heavy (non-hydrogen) atoms. The Bertz CT molecular complexity index is 491. The minimum absolute atomic E-state index is 0.260. The average Bonchev–Trinajstić information content (AvgIpc) is 2.55. The maximum atomic E-state index is 6.21. The van der Waals surface area contributed by atoms with Gasteiger partial charge in [-0.05, 0) is 26.0 Å². The molecule has 2 aromatic rings. The molecule has 1 heterocycles. The maximum absolute atomic E-state index is 6.21. The van der Waals surface area contributed by atoms with E-state index in [1.165, 1.54) is 0 Å². The Morgan fingerprint density at radius 1 is 1.40 bits per heavy atom. The Morgan fingerprint density at radius 3 is 2.73 bits per heavy atom. The lowest BCUT2D eigenvalue weighted by Crippen LogP contribution is -2.01. The summed E-state index contributed by atoms with van der Waals surface area (Å²) < 4.78 is 6.95. The molecule has 0 spiro atoms. The van der Waals surface area contributed by atoms with Crippen LogP contribution >= 0.6 is 11.6 Å². The first-order valence-corrected chi connectivity index (χ1v) is 5.23. The van der Waals surface area contributed by atoms with E-state index >= 15 is 0 Å². The number of fused-ring (bicyclic) bond motifs is 1. The number of rotatable bonds is 2. The van der Waals surface area contributed by atoms with Gasteiger partial charge in [0.25, 0.3) is 0 Å². The van der Waals surface area contributed by atoms with Gasteiger partial charge in [-0.25, -0.2) is 0 Å². The molecule has 80 valence electrons. The lowest BCUT2D eigenvalue weighted by atomic mass is 10.2. The summed E-state index contributed by atoms with van der Waals surface area (Å²) in [6.07, 6.45) is 0. The highest BCUT2D eigenvalue weighted by Crippen LogP contribution is 2.28. The monoisotopic (exact) mass is 224 g/mol. The van der Waals surface area contributed by atoms with E-state index in [1.54, 1.807) is 7.11 Å². The second-order valence-electron chi connectivity index (χ2n) is 3.71. The molecular weight excluding hydrogens is 212 g/mol. The molecule has 0 unspecified atom stereocenters. The Kier molecular flexibility index (Phi) is 2.57. The van der Waals surface area contributed by atoms with E-state index in [1.807, 2.05) is 22.9 Å². The van der Waals surface area contributed by atoms with Crippen LogP contribution in [-0.4, -0.2) is 16.9 Å². The number of hydrogen-bond donors (Lipinski definition) is 0. The number of ether oxygens (including phenoxy) is 1. The second kappa shape index (κ2) is 3.74. The molecule has 0 radical (unpaired) electrons. The van der Waals surface area contributed by atoms with E-state index in [-0.39, 0.29) is 6.04 Å². The number of methoxy groups -OCH3 is 1. The summed E-state index contributed by atoms with van der Waals surface area (Å²) in [5.41, 5.74) is 0.869. The topological polar surface area (TPSA) is 27.1 Å². The molecule has 4 heteroatoms. The highest BCUT2D eigenvalue weighted by Gasteiger charge is 2.11. The van der Waals surface area contributed by atoms with Crippen LogP contribution in [0.2, 0.25) is 5.15 Å². The van der Waals surface area contributed by atoms with Crippen molar-refractivity contribution < 1.29 is 4.74 Å². The highest BCUT2D eigenvalue weighted by molar-refractivity contribution is 6.34. The van der Waals surface area contributed by atoms with Crippen LogP contribution < -0.4 is 4.74 Å². The predicted molar refractivity (Wildman–Crippen MR) is 61.7 cm³/mol. The van der Waals surface area contributed by atoms with Crippen molar-refractivity contribution in [3.05, 3.63) is 23.4 Å². The predicted octanol–water partition coefficient (Wildman–Crippen LogP) is 3.28. The molecule has 0 fully saturated rings. The van der Waals surface area contributed by atoms with E-state index in [9.17, 15) is 0 Å². The molecule has 1 aromatic heterocycles. The van der Waals surface area contributed by atoms with Crippen molar-refractivity contribution >= 4 is 22.5 Å². The fourth-order valence-electron chi connectivity index (χ4n) is 1.52. The van der Waals surface area contributed by atoms with Gasteiger partial charge in [0.15, 0.2) is 0 Å². The summed E-state index contributed by atoms with van der Waals surface area (Å²) in [6, 6.07) is 5.97. The summed E-state index contributed by atoms with van der Waals surface area (Å²) >= 11 is 6.21. The lowest BCUT2D eigenvalue weighted by molar-refractivity contribution is 0.415. The Balaban J connectivity index is 2.65. The van der Waals surface area contributed by atoms with Gasteiger partial charge in [-0.3, -0.25) is 4.68 Å². The minimum atomic E-state index is 0.260. The molecule has 0 amide bonds. The number of hydrogen-bond acceptors (Lipinski definition) is 2. The van der Waals surface area contributed by atoms with Crippen LogP contribution in [0.15, 0.2) is 18.2 Å². The molecule has 0 bridgehead atoms. The molecule has 3 nitrogen and oxygen atoms in total. The third-order valence-corrected chi connectivity index (χ3v) is 2.71. The summed E-state index contributed by atoms with van der Waals surface area (Å²) in [6.45, 7) is 4.10. The number of aromatic nitrogens is 2. The zero-order valence-electron chi connectivity index (χ0n) is 8.99. The van der Waals surface area contributed by atoms with Crippen molar-refractivity contribution in [2.24, 2.45) is 0 Å². The van der Waals surface area contributed by atoms with Gasteiger partial charge in [0.05, 0.1) is 12.6 Å². The van der Waals surface area contributed by atoms with Crippen molar-refractivity contribution in [2.45, 2.75) is 19.9 Å². The zero-order valence-corrected chi connectivity index (χ0v) is 9.75. The maximum Gasteiger partial charge on any atom is 0.135 e.